The van der Waals surface area contributed by atoms with Crippen molar-refractivity contribution in [2.24, 2.45) is 0 Å². The number of halogens is 2. The second-order valence-corrected chi connectivity index (χ2v) is 8.97. The van der Waals surface area contributed by atoms with Gasteiger partial charge in [-0.1, -0.05) is 42.5 Å². The van der Waals surface area contributed by atoms with Gasteiger partial charge in [0.05, 0.1) is 6.54 Å². The fourth-order valence-electron chi connectivity index (χ4n) is 5.21. The molecule has 2 aromatic carbocycles. The molecule has 0 aromatic heterocycles. The first kappa shape index (κ1) is 23.6. The van der Waals surface area contributed by atoms with Crippen molar-refractivity contribution in [3.63, 3.8) is 0 Å². The molecule has 4 rings (SSSR count). The quantitative estimate of drug-likeness (QED) is 0.584. The highest BCUT2D eigenvalue weighted by Crippen LogP contribution is 2.30. The second-order valence-electron chi connectivity index (χ2n) is 8.97. The third kappa shape index (κ3) is 6.74. The van der Waals surface area contributed by atoms with E-state index < -0.39 is 6.61 Å². The van der Waals surface area contributed by atoms with Gasteiger partial charge in [0.2, 0.25) is 5.91 Å². The lowest BCUT2D eigenvalue weighted by Crippen LogP contribution is -2.48. The van der Waals surface area contributed by atoms with Crippen LogP contribution in [-0.2, 0) is 17.8 Å². The summed E-state index contributed by atoms with van der Waals surface area (Å²) in [6.45, 7) is 1.20. The highest BCUT2D eigenvalue weighted by Gasteiger charge is 2.38. The number of ether oxygens (including phenoxy) is 1. The van der Waals surface area contributed by atoms with E-state index in [-0.39, 0.29) is 11.7 Å². The second kappa shape index (κ2) is 11.6. The third-order valence-corrected chi connectivity index (χ3v) is 6.73. The summed E-state index contributed by atoms with van der Waals surface area (Å²) in [7, 11) is 0. The molecule has 0 saturated carbocycles. The number of alkyl halides is 2. The molecule has 2 aliphatic rings. The number of hydrogen-bond donors (Lipinski definition) is 1. The van der Waals surface area contributed by atoms with E-state index in [9.17, 15) is 13.6 Å². The molecule has 0 unspecified atom stereocenters. The van der Waals surface area contributed by atoms with Gasteiger partial charge < -0.3 is 10.1 Å². The summed E-state index contributed by atoms with van der Waals surface area (Å²) >= 11 is 0. The number of likely N-dealkylation sites (tertiary alicyclic amines) is 2. The van der Waals surface area contributed by atoms with Crippen LogP contribution in [0.25, 0.3) is 0 Å². The van der Waals surface area contributed by atoms with Crippen LogP contribution in [0.5, 0.6) is 5.75 Å². The van der Waals surface area contributed by atoms with Crippen molar-refractivity contribution >= 4 is 5.91 Å². The Balaban J connectivity index is 1.23. The monoisotopic (exact) mass is 457 g/mol. The van der Waals surface area contributed by atoms with E-state index in [0.717, 1.165) is 38.0 Å². The number of hydrogen-bond acceptors (Lipinski definition) is 4. The van der Waals surface area contributed by atoms with Gasteiger partial charge in [0, 0.05) is 25.2 Å². The van der Waals surface area contributed by atoms with Crippen molar-refractivity contribution < 1.29 is 18.3 Å². The number of nitrogens with one attached hydrogen (secondary N) is 1. The molecule has 2 fully saturated rings. The molecule has 0 bridgehead atoms. The zero-order valence-corrected chi connectivity index (χ0v) is 19.0. The lowest BCUT2D eigenvalue weighted by atomic mass is 10.0. The minimum atomic E-state index is -2.82. The zero-order valence-electron chi connectivity index (χ0n) is 19.0. The maximum Gasteiger partial charge on any atom is 0.387 e. The maximum atomic E-state index is 12.6. The predicted molar refractivity (Wildman–Crippen MR) is 124 cm³/mol. The molecular formula is C26H33F2N3O2. The Morgan fingerprint density at radius 2 is 1.61 bits per heavy atom. The molecule has 0 spiro atoms. The molecule has 7 heteroatoms. The average Bonchev–Trinajstić information content (AvgIpc) is 3.44. The molecule has 0 radical (unpaired) electrons. The van der Waals surface area contributed by atoms with Gasteiger partial charge in [-0.3, -0.25) is 14.6 Å². The Labute approximate surface area is 194 Å². The van der Waals surface area contributed by atoms with Gasteiger partial charge in [-0.05, 0) is 68.5 Å². The van der Waals surface area contributed by atoms with Crippen molar-refractivity contribution in [1.29, 1.82) is 0 Å². The van der Waals surface area contributed by atoms with E-state index in [2.05, 4.69) is 50.2 Å². The molecule has 2 aliphatic heterocycles. The molecule has 1 N–H and O–H groups in total. The molecule has 2 atom stereocenters. The number of rotatable bonds is 10. The standard InChI is InChI=1S/C26H33F2N3O2/c27-26(28)33-22-12-10-20(11-13-22)14-15-29-25(32)19-31-17-5-9-24(31)23-8-4-16-30(23)18-21-6-2-1-3-7-21/h1-3,6-7,10-13,23-24,26H,4-5,8-9,14-19H2,(H,29,32)/t23-,24+/m1/s1. The van der Waals surface area contributed by atoms with E-state index in [0.29, 0.717) is 31.6 Å². The molecule has 0 aliphatic carbocycles. The number of amides is 1. The van der Waals surface area contributed by atoms with Crippen LogP contribution in [0.15, 0.2) is 54.6 Å². The Morgan fingerprint density at radius 1 is 0.939 bits per heavy atom. The Hall–Kier alpha value is -2.51. The van der Waals surface area contributed by atoms with E-state index in [1.807, 2.05) is 0 Å². The van der Waals surface area contributed by atoms with Gasteiger partial charge in [0.1, 0.15) is 5.75 Å². The summed E-state index contributed by atoms with van der Waals surface area (Å²) in [5.41, 5.74) is 2.32. The van der Waals surface area contributed by atoms with Crippen LogP contribution < -0.4 is 10.1 Å². The van der Waals surface area contributed by atoms with Gasteiger partial charge in [0.15, 0.2) is 0 Å². The first-order valence-electron chi connectivity index (χ1n) is 11.9. The van der Waals surface area contributed by atoms with Gasteiger partial charge in [-0.2, -0.15) is 8.78 Å². The van der Waals surface area contributed by atoms with E-state index in [1.54, 1.807) is 12.1 Å². The van der Waals surface area contributed by atoms with Gasteiger partial charge in [0.25, 0.3) is 0 Å². The largest absolute Gasteiger partial charge is 0.435 e. The lowest BCUT2D eigenvalue weighted by molar-refractivity contribution is -0.122. The Morgan fingerprint density at radius 3 is 2.30 bits per heavy atom. The van der Waals surface area contributed by atoms with Crippen LogP contribution in [0, 0.1) is 0 Å². The number of benzene rings is 2. The summed E-state index contributed by atoms with van der Waals surface area (Å²) in [5, 5.41) is 3.02. The molecule has 5 nitrogen and oxygen atoms in total. The molecule has 1 amide bonds. The van der Waals surface area contributed by atoms with E-state index in [1.165, 1.54) is 30.5 Å². The smallest absolute Gasteiger partial charge is 0.387 e. The lowest BCUT2D eigenvalue weighted by Gasteiger charge is -2.34. The minimum absolute atomic E-state index is 0.0483. The number of nitrogens with zero attached hydrogens (tertiary/aromatic N) is 2. The maximum absolute atomic E-state index is 12.6. The Kier molecular flexibility index (Phi) is 8.29. The van der Waals surface area contributed by atoms with Crippen LogP contribution in [0.2, 0.25) is 0 Å². The number of carbonyl (C=O) groups excluding carboxylic acids is 1. The van der Waals surface area contributed by atoms with Crippen molar-refractivity contribution in [3.8, 4) is 5.75 Å². The fraction of sp³-hybridized carbons (Fsp3) is 0.500. The average molecular weight is 458 g/mol. The van der Waals surface area contributed by atoms with Crippen molar-refractivity contribution in [3.05, 3.63) is 65.7 Å². The van der Waals surface area contributed by atoms with Gasteiger partial charge in [-0.25, -0.2) is 0 Å². The van der Waals surface area contributed by atoms with Gasteiger partial charge in [-0.15, -0.1) is 0 Å². The fourth-order valence-corrected chi connectivity index (χ4v) is 5.21. The first-order valence-corrected chi connectivity index (χ1v) is 11.9. The van der Waals surface area contributed by atoms with Gasteiger partial charge >= 0.3 is 6.61 Å². The highest BCUT2D eigenvalue weighted by atomic mass is 19.3. The minimum Gasteiger partial charge on any atom is -0.435 e. The van der Waals surface area contributed by atoms with E-state index >= 15 is 0 Å². The van der Waals surface area contributed by atoms with E-state index in [4.69, 9.17) is 0 Å². The molecule has 178 valence electrons. The molecule has 2 aromatic rings. The normalized spacial score (nSPS) is 21.5. The Bertz CT molecular complexity index is 879. The van der Waals surface area contributed by atoms with Crippen molar-refractivity contribution in [2.75, 3.05) is 26.2 Å². The predicted octanol–water partition coefficient (Wildman–Crippen LogP) is 4.08. The molecule has 2 saturated heterocycles. The van der Waals surface area contributed by atoms with Crippen LogP contribution in [0.1, 0.15) is 36.8 Å². The SMILES string of the molecule is O=C(CN1CCC[C@H]1[C@H]1CCCN1Cc1ccccc1)NCCc1ccc(OC(F)F)cc1. The summed E-state index contributed by atoms with van der Waals surface area (Å²) in [4.78, 5) is 17.6. The van der Waals surface area contributed by atoms with Crippen LogP contribution >= 0.6 is 0 Å². The first-order chi connectivity index (χ1) is 16.1. The van der Waals surface area contributed by atoms with Crippen LogP contribution in [0.4, 0.5) is 8.78 Å². The topological polar surface area (TPSA) is 44.8 Å². The molecular weight excluding hydrogens is 424 g/mol. The summed E-state index contributed by atoms with van der Waals surface area (Å²) < 4.78 is 28.9. The molecule has 33 heavy (non-hydrogen) atoms. The highest BCUT2D eigenvalue weighted by molar-refractivity contribution is 5.78. The van der Waals surface area contributed by atoms with Crippen LogP contribution in [-0.4, -0.2) is 60.6 Å². The summed E-state index contributed by atoms with van der Waals surface area (Å²) in [6.07, 6.45) is 5.35. The number of carbonyl (C=O) groups is 1. The summed E-state index contributed by atoms with van der Waals surface area (Å²) in [5.74, 6) is 0.193. The third-order valence-electron chi connectivity index (χ3n) is 6.73. The zero-order chi connectivity index (χ0) is 23.0. The van der Waals surface area contributed by atoms with Crippen molar-refractivity contribution in [1.82, 2.24) is 15.1 Å². The van der Waals surface area contributed by atoms with Crippen LogP contribution in [0.3, 0.4) is 0 Å². The van der Waals surface area contributed by atoms with Crippen molar-refractivity contribution in [2.45, 2.75) is 57.3 Å². The summed E-state index contributed by atoms with van der Waals surface area (Å²) in [6, 6.07) is 18.1. The molecule has 2 heterocycles.